The van der Waals surface area contributed by atoms with Crippen molar-refractivity contribution < 1.29 is 13.3 Å². The molecule has 2 aromatic carbocycles. The van der Waals surface area contributed by atoms with Crippen molar-refractivity contribution in [3.05, 3.63) is 64.1 Å². The van der Waals surface area contributed by atoms with Gasteiger partial charge >= 0.3 is 0 Å². The van der Waals surface area contributed by atoms with Gasteiger partial charge in [-0.25, -0.2) is 8.42 Å². The van der Waals surface area contributed by atoms with Crippen molar-refractivity contribution in [3.63, 3.8) is 0 Å². The molecular weight excluding hydrogens is 345 g/mol. The normalized spacial score (nSPS) is 12.2. The summed E-state index contributed by atoms with van der Waals surface area (Å²) in [6.45, 7) is 0. The molecule has 0 fully saturated rings. The average molecular weight is 358 g/mol. The summed E-state index contributed by atoms with van der Waals surface area (Å²) in [5, 5.41) is 4.85. The van der Waals surface area contributed by atoms with Crippen molar-refractivity contribution in [2.45, 2.75) is 4.90 Å². The second-order valence-electron chi connectivity index (χ2n) is 4.44. The van der Waals surface area contributed by atoms with E-state index in [0.29, 0.717) is 21.3 Å². The highest BCUT2D eigenvalue weighted by atomic mass is 35.5. The maximum Gasteiger partial charge on any atom is 0.184 e. The van der Waals surface area contributed by atoms with Crippen molar-refractivity contribution in [1.29, 1.82) is 0 Å². The molecule has 0 aliphatic rings. The minimum atomic E-state index is -3.56. The van der Waals surface area contributed by atoms with Gasteiger partial charge in [0.2, 0.25) is 0 Å². The first-order valence-electron chi connectivity index (χ1n) is 6.26. The number of nitrogens with zero attached hydrogens (tertiary/aromatic N) is 1. The second kappa shape index (κ2) is 7.13. The third kappa shape index (κ3) is 4.22. The number of oxime groups is 1. The summed E-state index contributed by atoms with van der Waals surface area (Å²) in [5.41, 5.74) is 0.929. The summed E-state index contributed by atoms with van der Waals surface area (Å²) in [4.78, 5) is 4.93. The molecule has 0 amide bonds. The maximum absolute atomic E-state index is 12.5. The fourth-order valence-corrected chi connectivity index (χ4v) is 3.37. The third-order valence-electron chi connectivity index (χ3n) is 2.88. The first-order chi connectivity index (χ1) is 10.4. The summed E-state index contributed by atoms with van der Waals surface area (Å²) in [7, 11) is -2.19. The van der Waals surface area contributed by atoms with Gasteiger partial charge in [0.15, 0.2) is 9.84 Å². The largest absolute Gasteiger partial charge is 0.399 e. The fourth-order valence-electron chi connectivity index (χ4n) is 1.82. The maximum atomic E-state index is 12.5. The molecular formula is C15H13Cl2NO3S. The van der Waals surface area contributed by atoms with Gasteiger partial charge < -0.3 is 4.84 Å². The highest BCUT2D eigenvalue weighted by molar-refractivity contribution is 7.92. The van der Waals surface area contributed by atoms with E-state index in [4.69, 9.17) is 28.0 Å². The molecule has 0 atom stereocenters. The van der Waals surface area contributed by atoms with E-state index in [1.54, 1.807) is 24.3 Å². The number of hydrogen-bond donors (Lipinski definition) is 0. The predicted octanol–water partition coefficient (Wildman–Crippen LogP) is 3.82. The molecule has 0 aromatic heterocycles. The molecule has 2 aromatic rings. The van der Waals surface area contributed by atoms with Gasteiger partial charge in [-0.1, -0.05) is 40.5 Å². The van der Waals surface area contributed by atoms with Crippen LogP contribution in [0, 0.1) is 0 Å². The van der Waals surface area contributed by atoms with E-state index in [2.05, 4.69) is 5.16 Å². The van der Waals surface area contributed by atoms with Gasteiger partial charge in [0.05, 0.1) is 4.90 Å². The van der Waals surface area contributed by atoms with Crippen LogP contribution in [0.3, 0.4) is 0 Å². The van der Waals surface area contributed by atoms with Crippen LogP contribution in [0.4, 0.5) is 0 Å². The lowest BCUT2D eigenvalue weighted by atomic mass is 10.1. The van der Waals surface area contributed by atoms with Crippen LogP contribution in [-0.2, 0) is 14.7 Å². The van der Waals surface area contributed by atoms with E-state index in [-0.39, 0.29) is 10.6 Å². The summed E-state index contributed by atoms with van der Waals surface area (Å²) < 4.78 is 24.9. The number of halogens is 2. The molecule has 0 N–H and O–H groups in total. The third-order valence-corrected chi connectivity index (χ3v) is 5.03. The molecule has 0 bridgehead atoms. The Hall–Kier alpha value is -1.56. The average Bonchev–Trinajstić information content (AvgIpc) is 2.48. The molecule has 0 aliphatic carbocycles. The Morgan fingerprint density at radius 1 is 1.00 bits per heavy atom. The highest BCUT2D eigenvalue weighted by Crippen LogP contribution is 2.18. The van der Waals surface area contributed by atoms with Gasteiger partial charge in [-0.15, -0.1) is 0 Å². The number of benzene rings is 2. The van der Waals surface area contributed by atoms with Crippen LogP contribution < -0.4 is 0 Å². The van der Waals surface area contributed by atoms with Crippen molar-refractivity contribution in [2.24, 2.45) is 5.16 Å². The van der Waals surface area contributed by atoms with Gasteiger partial charge in [0.25, 0.3) is 0 Å². The second-order valence-corrected chi connectivity index (χ2v) is 7.30. The summed E-state index contributed by atoms with van der Waals surface area (Å²) in [5.74, 6) is -0.288. The minimum absolute atomic E-state index is 0.176. The first kappa shape index (κ1) is 16.8. The van der Waals surface area contributed by atoms with E-state index in [0.717, 1.165) is 0 Å². The standard InChI is InChI=1S/C15H13Cl2NO3S/c1-21-18-15(11-2-4-12(16)5-3-11)10-22(19,20)14-8-6-13(17)7-9-14/h2-9H,10H2,1H3/b18-15-. The topological polar surface area (TPSA) is 55.7 Å². The molecule has 0 heterocycles. The summed E-state index contributed by atoms with van der Waals surface area (Å²) in [6, 6.07) is 12.7. The van der Waals surface area contributed by atoms with Crippen molar-refractivity contribution in [3.8, 4) is 0 Å². The van der Waals surface area contributed by atoms with E-state index >= 15 is 0 Å². The fraction of sp³-hybridized carbons (Fsp3) is 0.133. The van der Waals surface area contributed by atoms with Crippen LogP contribution in [-0.4, -0.2) is 27.0 Å². The molecule has 0 spiro atoms. The molecule has 4 nitrogen and oxygen atoms in total. The Kier molecular flexibility index (Phi) is 5.45. The lowest BCUT2D eigenvalue weighted by Crippen LogP contribution is -2.17. The molecule has 0 saturated heterocycles. The van der Waals surface area contributed by atoms with Gasteiger partial charge in [0.1, 0.15) is 18.6 Å². The quantitative estimate of drug-likeness (QED) is 0.603. The Balaban J connectivity index is 2.33. The SMILES string of the molecule is CO/N=C(/CS(=O)(=O)c1ccc(Cl)cc1)c1ccc(Cl)cc1. The van der Waals surface area contributed by atoms with Gasteiger partial charge in [-0.05, 0) is 36.4 Å². The molecule has 116 valence electrons. The van der Waals surface area contributed by atoms with Crippen LogP contribution in [0.15, 0.2) is 58.6 Å². The van der Waals surface area contributed by atoms with E-state index in [1.165, 1.54) is 31.4 Å². The van der Waals surface area contributed by atoms with Crippen LogP contribution >= 0.6 is 23.2 Å². The van der Waals surface area contributed by atoms with Crippen LogP contribution in [0.25, 0.3) is 0 Å². The van der Waals surface area contributed by atoms with Gasteiger partial charge in [-0.2, -0.15) is 0 Å². The van der Waals surface area contributed by atoms with Crippen molar-refractivity contribution in [2.75, 3.05) is 12.9 Å². The Bertz CT molecular complexity index is 769. The molecule has 0 saturated carbocycles. The van der Waals surface area contributed by atoms with E-state index in [1.807, 2.05) is 0 Å². The zero-order chi connectivity index (χ0) is 16.2. The van der Waals surface area contributed by atoms with Crippen molar-refractivity contribution >= 4 is 38.8 Å². The number of hydrogen-bond acceptors (Lipinski definition) is 4. The molecule has 22 heavy (non-hydrogen) atoms. The van der Waals surface area contributed by atoms with Gasteiger partial charge in [0, 0.05) is 15.6 Å². The van der Waals surface area contributed by atoms with E-state index < -0.39 is 9.84 Å². The molecule has 0 radical (unpaired) electrons. The van der Waals surface area contributed by atoms with Gasteiger partial charge in [-0.3, -0.25) is 0 Å². The zero-order valence-corrected chi connectivity index (χ0v) is 14.0. The minimum Gasteiger partial charge on any atom is -0.399 e. The monoisotopic (exact) mass is 357 g/mol. The van der Waals surface area contributed by atoms with Crippen LogP contribution in [0.1, 0.15) is 5.56 Å². The first-order valence-corrected chi connectivity index (χ1v) is 8.67. The Morgan fingerprint density at radius 3 is 2.00 bits per heavy atom. The van der Waals surface area contributed by atoms with Crippen LogP contribution in [0.5, 0.6) is 0 Å². The lowest BCUT2D eigenvalue weighted by Gasteiger charge is -2.08. The lowest BCUT2D eigenvalue weighted by molar-refractivity contribution is 0.213. The molecule has 2 rings (SSSR count). The smallest absolute Gasteiger partial charge is 0.184 e. The van der Waals surface area contributed by atoms with Crippen molar-refractivity contribution in [1.82, 2.24) is 0 Å². The summed E-state index contributed by atoms with van der Waals surface area (Å²) >= 11 is 11.6. The molecule has 0 unspecified atom stereocenters. The van der Waals surface area contributed by atoms with E-state index in [9.17, 15) is 8.42 Å². The zero-order valence-electron chi connectivity index (χ0n) is 11.7. The number of rotatable bonds is 5. The predicted molar refractivity (Wildman–Crippen MR) is 88.5 cm³/mol. The Labute approximate surface area is 139 Å². The molecule has 0 aliphatic heterocycles. The Morgan fingerprint density at radius 2 is 1.50 bits per heavy atom. The molecule has 7 heteroatoms. The highest BCUT2D eigenvalue weighted by Gasteiger charge is 2.19. The summed E-state index contributed by atoms with van der Waals surface area (Å²) in [6.07, 6.45) is 0. The number of sulfone groups is 1. The van der Waals surface area contributed by atoms with Crippen LogP contribution in [0.2, 0.25) is 10.0 Å².